The third kappa shape index (κ3) is 3.78. The molecule has 6 nitrogen and oxygen atoms in total. The Bertz CT molecular complexity index is 734. The third-order valence-electron chi connectivity index (χ3n) is 3.48. The molecule has 0 saturated carbocycles. The van der Waals surface area contributed by atoms with Gasteiger partial charge in [0.2, 0.25) is 10.0 Å². The Kier molecular flexibility index (Phi) is 5.04. The van der Waals surface area contributed by atoms with Gasteiger partial charge in [-0.25, -0.2) is 12.8 Å². The lowest BCUT2D eigenvalue weighted by molar-refractivity contribution is -0.275. The topological polar surface area (TPSA) is 83.9 Å². The lowest BCUT2D eigenvalue weighted by Crippen LogP contribution is -2.48. The number of halogens is 4. The molecular formula is C13H13F4NO5S. The van der Waals surface area contributed by atoms with Gasteiger partial charge in [-0.15, -0.1) is 13.2 Å². The van der Waals surface area contributed by atoms with Crippen molar-refractivity contribution < 1.29 is 40.6 Å². The predicted octanol–water partition coefficient (Wildman–Crippen LogP) is 2.35. The van der Waals surface area contributed by atoms with Gasteiger partial charge in [0.15, 0.2) is 11.6 Å². The molecule has 1 unspecified atom stereocenters. The number of carbonyl (C=O) groups is 1. The van der Waals surface area contributed by atoms with Crippen molar-refractivity contribution in [2.45, 2.75) is 36.6 Å². The van der Waals surface area contributed by atoms with Crippen LogP contribution in [0.1, 0.15) is 19.3 Å². The molecule has 1 saturated heterocycles. The highest BCUT2D eigenvalue weighted by Crippen LogP contribution is 2.32. The van der Waals surface area contributed by atoms with Gasteiger partial charge in [-0.3, -0.25) is 4.79 Å². The van der Waals surface area contributed by atoms with Gasteiger partial charge in [0.05, 0.1) is 0 Å². The summed E-state index contributed by atoms with van der Waals surface area (Å²) in [5, 5.41) is 9.12. The largest absolute Gasteiger partial charge is 0.573 e. The molecule has 1 aromatic carbocycles. The first-order chi connectivity index (χ1) is 11.0. The smallest absolute Gasteiger partial charge is 0.480 e. The number of hydrogen-bond acceptors (Lipinski definition) is 4. The highest BCUT2D eigenvalue weighted by molar-refractivity contribution is 7.89. The first-order valence-electron chi connectivity index (χ1n) is 6.83. The molecule has 134 valence electrons. The fraction of sp³-hybridized carbons (Fsp3) is 0.462. The second-order valence-electron chi connectivity index (χ2n) is 5.08. The van der Waals surface area contributed by atoms with Gasteiger partial charge in [0.25, 0.3) is 0 Å². The number of sulfonamides is 1. The number of ether oxygens (including phenoxy) is 1. The van der Waals surface area contributed by atoms with E-state index in [0.717, 1.165) is 12.1 Å². The Morgan fingerprint density at radius 2 is 1.96 bits per heavy atom. The van der Waals surface area contributed by atoms with Gasteiger partial charge in [-0.2, -0.15) is 4.31 Å². The van der Waals surface area contributed by atoms with Crippen LogP contribution in [0.5, 0.6) is 5.75 Å². The van der Waals surface area contributed by atoms with Crippen molar-refractivity contribution in [3.8, 4) is 5.75 Å². The summed E-state index contributed by atoms with van der Waals surface area (Å²) < 4.78 is 80.0. The zero-order valence-corrected chi connectivity index (χ0v) is 12.9. The molecular weight excluding hydrogens is 358 g/mol. The second-order valence-corrected chi connectivity index (χ2v) is 6.94. The van der Waals surface area contributed by atoms with E-state index in [0.29, 0.717) is 23.2 Å². The van der Waals surface area contributed by atoms with Gasteiger partial charge < -0.3 is 9.84 Å². The molecule has 0 radical (unpaired) electrons. The van der Waals surface area contributed by atoms with E-state index in [1.165, 1.54) is 0 Å². The van der Waals surface area contributed by atoms with Crippen LogP contribution in [-0.2, 0) is 14.8 Å². The highest BCUT2D eigenvalue weighted by Gasteiger charge is 2.40. The van der Waals surface area contributed by atoms with E-state index in [1.54, 1.807) is 0 Å². The maximum absolute atomic E-state index is 14.2. The highest BCUT2D eigenvalue weighted by atomic mass is 32.2. The van der Waals surface area contributed by atoms with Crippen molar-refractivity contribution in [1.82, 2.24) is 4.31 Å². The number of aliphatic carboxylic acids is 1. The lowest BCUT2D eigenvalue weighted by atomic mass is 10.1. The average Bonchev–Trinajstić information content (AvgIpc) is 2.48. The van der Waals surface area contributed by atoms with Gasteiger partial charge in [-0.05, 0) is 31.4 Å². The van der Waals surface area contributed by atoms with E-state index in [4.69, 9.17) is 5.11 Å². The standard InChI is InChI=1S/C13H13F4NO5S/c14-11-9(23-13(15,16)17)5-3-6-10(11)24(21,22)18-7-2-1-4-8(18)12(19)20/h3,5-6,8H,1-2,4,7H2,(H,19,20). The number of carboxylic acid groups (broad SMARTS) is 1. The molecule has 1 N–H and O–H groups in total. The number of rotatable bonds is 4. The molecule has 0 aliphatic carbocycles. The minimum absolute atomic E-state index is 0.0366. The first kappa shape index (κ1) is 18.5. The van der Waals surface area contributed by atoms with Crippen LogP contribution in [0.2, 0.25) is 0 Å². The molecule has 1 atom stereocenters. The maximum atomic E-state index is 14.2. The molecule has 1 heterocycles. The number of carboxylic acids is 1. The van der Waals surface area contributed by atoms with Crippen LogP contribution in [0.15, 0.2) is 23.1 Å². The molecule has 11 heteroatoms. The van der Waals surface area contributed by atoms with E-state index >= 15 is 0 Å². The van der Waals surface area contributed by atoms with Crippen molar-refractivity contribution >= 4 is 16.0 Å². The van der Waals surface area contributed by atoms with Gasteiger partial charge in [0, 0.05) is 6.54 Å². The average molecular weight is 371 g/mol. The molecule has 0 spiro atoms. The molecule has 0 aromatic heterocycles. The van der Waals surface area contributed by atoms with Crippen molar-refractivity contribution in [1.29, 1.82) is 0 Å². The van der Waals surface area contributed by atoms with Crippen LogP contribution >= 0.6 is 0 Å². The summed E-state index contributed by atoms with van der Waals surface area (Å²) in [5.74, 6) is -4.42. The summed E-state index contributed by atoms with van der Waals surface area (Å²) >= 11 is 0. The molecule has 0 bridgehead atoms. The number of piperidine rings is 1. The van der Waals surface area contributed by atoms with Crippen LogP contribution in [0.4, 0.5) is 17.6 Å². The van der Waals surface area contributed by atoms with Gasteiger partial charge in [-0.1, -0.05) is 6.07 Å². The SMILES string of the molecule is O=C(O)C1CCCCN1S(=O)(=O)c1cccc(OC(F)(F)F)c1F. The third-order valence-corrected chi connectivity index (χ3v) is 5.40. The summed E-state index contributed by atoms with van der Waals surface area (Å²) in [5.41, 5.74) is 0. The van der Waals surface area contributed by atoms with Crippen LogP contribution in [-0.4, -0.2) is 42.7 Å². The van der Waals surface area contributed by atoms with Crippen LogP contribution < -0.4 is 4.74 Å². The van der Waals surface area contributed by atoms with Crippen molar-refractivity contribution in [3.63, 3.8) is 0 Å². The Morgan fingerprint density at radius 3 is 2.54 bits per heavy atom. The molecule has 1 fully saturated rings. The summed E-state index contributed by atoms with van der Waals surface area (Å²) in [4.78, 5) is 10.2. The molecule has 24 heavy (non-hydrogen) atoms. The summed E-state index contributed by atoms with van der Waals surface area (Å²) in [7, 11) is -4.63. The number of alkyl halides is 3. The van der Waals surface area contributed by atoms with E-state index < -0.39 is 44.9 Å². The van der Waals surface area contributed by atoms with Crippen LogP contribution in [0.25, 0.3) is 0 Å². The maximum Gasteiger partial charge on any atom is 0.573 e. The number of benzene rings is 1. The molecule has 2 rings (SSSR count). The van der Waals surface area contributed by atoms with Crippen molar-refractivity contribution in [2.24, 2.45) is 0 Å². The Morgan fingerprint density at radius 1 is 1.29 bits per heavy atom. The van der Waals surface area contributed by atoms with Crippen LogP contribution in [0, 0.1) is 5.82 Å². The number of nitrogens with zero attached hydrogens (tertiary/aromatic N) is 1. The molecule has 1 aliphatic heterocycles. The fourth-order valence-electron chi connectivity index (χ4n) is 2.46. The first-order valence-corrected chi connectivity index (χ1v) is 8.27. The minimum atomic E-state index is -5.20. The predicted molar refractivity (Wildman–Crippen MR) is 72.2 cm³/mol. The van der Waals surface area contributed by atoms with E-state index in [9.17, 15) is 30.8 Å². The van der Waals surface area contributed by atoms with Gasteiger partial charge >= 0.3 is 12.3 Å². The zero-order chi connectivity index (χ0) is 18.1. The lowest BCUT2D eigenvalue weighted by Gasteiger charge is -2.32. The Labute approximate surface area is 134 Å². The molecule has 1 aliphatic rings. The molecule has 1 aromatic rings. The summed E-state index contributed by atoms with van der Waals surface area (Å²) in [6.07, 6.45) is -4.32. The monoisotopic (exact) mass is 371 g/mol. The van der Waals surface area contributed by atoms with Crippen LogP contribution in [0.3, 0.4) is 0 Å². The zero-order valence-electron chi connectivity index (χ0n) is 12.1. The quantitative estimate of drug-likeness (QED) is 0.822. The minimum Gasteiger partial charge on any atom is -0.480 e. The van der Waals surface area contributed by atoms with Crippen molar-refractivity contribution in [3.05, 3.63) is 24.0 Å². The number of hydrogen-bond donors (Lipinski definition) is 1. The molecule has 0 amide bonds. The Balaban J connectivity index is 2.46. The fourth-order valence-corrected chi connectivity index (χ4v) is 4.19. The summed E-state index contributed by atoms with van der Waals surface area (Å²) in [6.45, 7) is -0.164. The van der Waals surface area contributed by atoms with Gasteiger partial charge in [0.1, 0.15) is 10.9 Å². The second kappa shape index (κ2) is 6.55. The van der Waals surface area contributed by atoms with E-state index in [-0.39, 0.29) is 13.0 Å². The summed E-state index contributed by atoms with van der Waals surface area (Å²) in [6, 6.07) is 0.889. The normalized spacial score (nSPS) is 19.9. The van der Waals surface area contributed by atoms with E-state index in [1.807, 2.05) is 0 Å². The Hall–Kier alpha value is -1.88. The van der Waals surface area contributed by atoms with Crippen molar-refractivity contribution in [2.75, 3.05) is 6.54 Å². The van der Waals surface area contributed by atoms with E-state index in [2.05, 4.69) is 4.74 Å².